The average Bonchev–Trinajstić information content (AvgIpc) is 2.97. The first-order chi connectivity index (χ1) is 11.8. The molecule has 2 unspecified atom stereocenters. The number of ether oxygens (including phenoxy) is 1. The van der Waals surface area contributed by atoms with Crippen molar-refractivity contribution in [2.24, 2.45) is 0 Å². The van der Waals surface area contributed by atoms with Crippen molar-refractivity contribution in [3.8, 4) is 0 Å². The zero-order valence-corrected chi connectivity index (χ0v) is 15.4. The lowest BCUT2D eigenvalue weighted by Crippen LogP contribution is -2.49. The van der Waals surface area contributed by atoms with Gasteiger partial charge >= 0.3 is 6.09 Å². The molecule has 1 fully saturated rings. The summed E-state index contributed by atoms with van der Waals surface area (Å²) in [6, 6.07) is 6.12. The van der Waals surface area contributed by atoms with Gasteiger partial charge in [0.2, 0.25) is 0 Å². The molecule has 136 valence electrons. The van der Waals surface area contributed by atoms with E-state index in [2.05, 4.69) is 22.4 Å². The molecule has 1 saturated heterocycles. The van der Waals surface area contributed by atoms with Crippen molar-refractivity contribution < 1.29 is 9.53 Å². The van der Waals surface area contributed by atoms with E-state index in [1.807, 2.05) is 49.6 Å². The zero-order chi connectivity index (χ0) is 18.0. The second kappa shape index (κ2) is 7.00. The van der Waals surface area contributed by atoms with Gasteiger partial charge in [-0.15, -0.1) is 10.2 Å². The Morgan fingerprint density at radius 3 is 2.92 bits per heavy atom. The Hall–Kier alpha value is -2.15. The molecule has 7 nitrogen and oxygen atoms in total. The molecule has 0 bridgehead atoms. The number of hydrogen-bond donors (Lipinski definition) is 1. The Labute approximate surface area is 148 Å². The van der Waals surface area contributed by atoms with Crippen LogP contribution in [0.1, 0.15) is 52.4 Å². The van der Waals surface area contributed by atoms with Crippen molar-refractivity contribution in [3.63, 3.8) is 0 Å². The maximum absolute atomic E-state index is 12.3. The normalized spacial score (nSPS) is 19.8. The summed E-state index contributed by atoms with van der Waals surface area (Å²) in [6.07, 6.45) is 3.72. The van der Waals surface area contributed by atoms with Crippen LogP contribution in [-0.4, -0.2) is 50.3 Å². The van der Waals surface area contributed by atoms with Crippen molar-refractivity contribution >= 4 is 11.7 Å². The molecule has 0 aliphatic carbocycles. The van der Waals surface area contributed by atoms with E-state index >= 15 is 0 Å². The summed E-state index contributed by atoms with van der Waals surface area (Å²) in [7, 11) is 0. The van der Waals surface area contributed by atoms with Gasteiger partial charge in [-0.1, -0.05) is 6.07 Å². The van der Waals surface area contributed by atoms with Crippen LogP contribution in [0.3, 0.4) is 0 Å². The van der Waals surface area contributed by atoms with E-state index in [1.54, 1.807) is 4.90 Å². The average molecular weight is 345 g/mol. The Morgan fingerprint density at radius 1 is 1.36 bits per heavy atom. The van der Waals surface area contributed by atoms with Crippen LogP contribution in [0.15, 0.2) is 24.4 Å². The molecular weight excluding hydrogens is 318 g/mol. The molecule has 3 heterocycles. The van der Waals surface area contributed by atoms with E-state index < -0.39 is 5.60 Å². The first-order valence-corrected chi connectivity index (χ1v) is 8.87. The minimum absolute atomic E-state index is 0.0426. The summed E-state index contributed by atoms with van der Waals surface area (Å²) in [5.74, 6) is 0.880. The minimum atomic E-state index is -0.467. The number of likely N-dealkylation sites (tertiary alicyclic amines) is 1. The lowest BCUT2D eigenvalue weighted by atomic mass is 10.0. The third-order valence-electron chi connectivity index (χ3n) is 4.29. The molecule has 0 aromatic carbocycles. The Kier molecular flexibility index (Phi) is 4.94. The van der Waals surface area contributed by atoms with Gasteiger partial charge in [-0.2, -0.15) is 0 Å². The molecule has 2 aromatic heterocycles. The first-order valence-electron chi connectivity index (χ1n) is 8.87. The molecule has 0 saturated carbocycles. The number of piperidine rings is 1. The topological polar surface area (TPSA) is 71.8 Å². The minimum Gasteiger partial charge on any atom is -0.444 e. The highest BCUT2D eigenvalue weighted by atomic mass is 16.6. The molecule has 25 heavy (non-hydrogen) atoms. The number of nitrogens with zero attached hydrogens (tertiary/aromatic N) is 4. The first kappa shape index (κ1) is 17.7. The second-order valence-electron chi connectivity index (χ2n) is 7.64. The third-order valence-corrected chi connectivity index (χ3v) is 4.29. The maximum Gasteiger partial charge on any atom is 0.410 e. The predicted octanol–water partition coefficient (Wildman–Crippen LogP) is 2.78. The van der Waals surface area contributed by atoms with Crippen LogP contribution in [0.5, 0.6) is 0 Å². The number of fused-ring (bicyclic) bond motifs is 1. The van der Waals surface area contributed by atoms with Crippen molar-refractivity contribution in [1.82, 2.24) is 24.8 Å². The monoisotopic (exact) mass is 345 g/mol. The van der Waals surface area contributed by atoms with Crippen molar-refractivity contribution in [3.05, 3.63) is 30.2 Å². The van der Waals surface area contributed by atoms with Gasteiger partial charge in [-0.3, -0.25) is 4.40 Å². The molecular formula is C18H27N5O2. The quantitative estimate of drug-likeness (QED) is 0.926. The Balaban J connectivity index is 1.63. The van der Waals surface area contributed by atoms with E-state index in [0.717, 1.165) is 30.9 Å². The highest BCUT2D eigenvalue weighted by molar-refractivity contribution is 5.68. The van der Waals surface area contributed by atoms with Gasteiger partial charge in [0.1, 0.15) is 5.60 Å². The smallest absolute Gasteiger partial charge is 0.410 e. The largest absolute Gasteiger partial charge is 0.444 e. The number of carbonyl (C=O) groups excluding carboxylic acids is 1. The molecule has 1 amide bonds. The molecule has 1 aliphatic rings. The fourth-order valence-electron chi connectivity index (χ4n) is 3.19. The molecule has 1 N–H and O–H groups in total. The molecule has 2 aromatic rings. The second-order valence-corrected chi connectivity index (χ2v) is 7.64. The summed E-state index contributed by atoms with van der Waals surface area (Å²) in [5.41, 5.74) is 0.371. The summed E-state index contributed by atoms with van der Waals surface area (Å²) in [5, 5.41) is 12.1. The fourth-order valence-corrected chi connectivity index (χ4v) is 3.19. The number of carbonyl (C=O) groups is 1. The Bertz CT molecular complexity index is 736. The SMILES string of the molecule is CC(NC1CCCN(C(=O)OC(C)(C)C)C1)c1nnc2ccccn12. The molecule has 0 spiro atoms. The van der Waals surface area contributed by atoms with Crippen LogP contribution in [0, 0.1) is 0 Å². The van der Waals surface area contributed by atoms with Gasteiger partial charge in [0.15, 0.2) is 11.5 Å². The van der Waals surface area contributed by atoms with Gasteiger partial charge in [-0.05, 0) is 52.7 Å². The van der Waals surface area contributed by atoms with Crippen LogP contribution in [0.2, 0.25) is 0 Å². The standard InChI is InChI=1S/C18H27N5O2/c1-13(16-21-20-15-9-5-6-11-23(15)16)19-14-8-7-10-22(12-14)17(24)25-18(2,3)4/h5-6,9,11,13-14,19H,7-8,10,12H2,1-4H3. The van der Waals surface area contributed by atoms with Crippen LogP contribution in [0.25, 0.3) is 5.65 Å². The maximum atomic E-state index is 12.3. The van der Waals surface area contributed by atoms with Crippen LogP contribution >= 0.6 is 0 Å². The molecule has 7 heteroatoms. The van der Waals surface area contributed by atoms with Crippen LogP contribution in [0.4, 0.5) is 4.79 Å². The van der Waals surface area contributed by atoms with Gasteiger partial charge < -0.3 is 15.0 Å². The molecule has 3 rings (SSSR count). The van der Waals surface area contributed by atoms with E-state index in [1.165, 1.54) is 0 Å². The number of aromatic nitrogens is 3. The highest BCUT2D eigenvalue weighted by Crippen LogP contribution is 2.18. The van der Waals surface area contributed by atoms with Crippen molar-refractivity contribution in [2.75, 3.05) is 13.1 Å². The van der Waals surface area contributed by atoms with Crippen molar-refractivity contribution in [1.29, 1.82) is 0 Å². The third kappa shape index (κ3) is 4.28. The zero-order valence-electron chi connectivity index (χ0n) is 15.4. The number of hydrogen-bond acceptors (Lipinski definition) is 5. The number of pyridine rings is 1. The lowest BCUT2D eigenvalue weighted by molar-refractivity contribution is 0.0183. The van der Waals surface area contributed by atoms with Crippen LogP contribution < -0.4 is 5.32 Å². The highest BCUT2D eigenvalue weighted by Gasteiger charge is 2.28. The molecule has 2 atom stereocenters. The fraction of sp³-hybridized carbons (Fsp3) is 0.611. The summed E-state index contributed by atoms with van der Waals surface area (Å²) in [6.45, 7) is 9.15. The number of nitrogens with one attached hydrogen (secondary N) is 1. The van der Waals surface area contributed by atoms with Gasteiger partial charge in [0, 0.05) is 25.3 Å². The summed E-state index contributed by atoms with van der Waals surface area (Å²) in [4.78, 5) is 14.1. The van der Waals surface area contributed by atoms with E-state index in [0.29, 0.717) is 6.54 Å². The Morgan fingerprint density at radius 2 is 2.16 bits per heavy atom. The lowest BCUT2D eigenvalue weighted by Gasteiger charge is -2.35. The number of amides is 1. The molecule has 1 aliphatic heterocycles. The van der Waals surface area contributed by atoms with E-state index in [4.69, 9.17) is 4.74 Å². The summed E-state index contributed by atoms with van der Waals surface area (Å²) >= 11 is 0. The van der Waals surface area contributed by atoms with E-state index in [9.17, 15) is 4.79 Å². The van der Waals surface area contributed by atoms with Crippen molar-refractivity contribution in [2.45, 2.75) is 58.2 Å². The van der Waals surface area contributed by atoms with Gasteiger partial charge in [-0.25, -0.2) is 4.79 Å². The van der Waals surface area contributed by atoms with Crippen LogP contribution in [-0.2, 0) is 4.74 Å². The summed E-state index contributed by atoms with van der Waals surface area (Å²) < 4.78 is 7.49. The molecule has 0 radical (unpaired) electrons. The number of rotatable bonds is 3. The van der Waals surface area contributed by atoms with Gasteiger partial charge in [0.25, 0.3) is 0 Å². The van der Waals surface area contributed by atoms with Gasteiger partial charge in [0.05, 0.1) is 6.04 Å². The van der Waals surface area contributed by atoms with E-state index in [-0.39, 0.29) is 18.2 Å². The predicted molar refractivity (Wildman–Crippen MR) is 95.4 cm³/mol.